The monoisotopic (exact) mass is 415 g/mol. The Morgan fingerprint density at radius 3 is 2.34 bits per heavy atom. The molecule has 3 rings (SSSR count). The maximum Gasteiger partial charge on any atom is 0.321 e. The quantitative estimate of drug-likeness (QED) is 0.751. The second kappa shape index (κ2) is 9.41. The van der Waals surface area contributed by atoms with E-state index in [9.17, 15) is 13.2 Å². The van der Waals surface area contributed by atoms with Gasteiger partial charge in [-0.2, -0.15) is 0 Å². The normalized spacial score (nSPS) is 15.3. The molecule has 1 saturated heterocycles. The molecule has 0 aromatic heterocycles. The van der Waals surface area contributed by atoms with Crippen LogP contribution in [0.2, 0.25) is 0 Å². The fourth-order valence-corrected chi connectivity index (χ4v) is 4.77. The minimum Gasteiger partial charge on any atom is -0.325 e. The van der Waals surface area contributed by atoms with Crippen molar-refractivity contribution in [2.75, 3.05) is 25.0 Å². The molecule has 29 heavy (non-hydrogen) atoms. The minimum absolute atomic E-state index is 0.0748. The van der Waals surface area contributed by atoms with Crippen LogP contribution in [0.15, 0.2) is 53.4 Å². The lowest BCUT2D eigenvalue weighted by Gasteiger charge is -2.32. The topological polar surface area (TPSA) is 78.5 Å². The van der Waals surface area contributed by atoms with Crippen LogP contribution in [0.25, 0.3) is 0 Å². The highest BCUT2D eigenvalue weighted by atomic mass is 32.2. The van der Waals surface area contributed by atoms with Gasteiger partial charge in [-0.15, -0.1) is 0 Å². The van der Waals surface area contributed by atoms with Crippen LogP contribution in [0, 0.1) is 19.8 Å². The number of carbonyl (C=O) groups excluding carboxylic acids is 1. The first-order valence-electron chi connectivity index (χ1n) is 10.0. The third-order valence-corrected chi connectivity index (χ3v) is 6.77. The number of urea groups is 1. The number of anilines is 1. The van der Waals surface area contributed by atoms with Crippen LogP contribution >= 0.6 is 0 Å². The van der Waals surface area contributed by atoms with Gasteiger partial charge in [0, 0.05) is 25.3 Å². The fraction of sp³-hybridized carbons (Fsp3) is 0.409. The van der Waals surface area contributed by atoms with Gasteiger partial charge in [-0.3, -0.25) is 0 Å². The summed E-state index contributed by atoms with van der Waals surface area (Å²) >= 11 is 0. The Morgan fingerprint density at radius 1 is 1.03 bits per heavy atom. The predicted octanol–water partition coefficient (Wildman–Crippen LogP) is 3.92. The number of nitrogens with zero attached hydrogens (tertiary/aromatic N) is 1. The van der Waals surface area contributed by atoms with Gasteiger partial charge in [0.05, 0.1) is 4.90 Å². The number of carbonyl (C=O) groups is 1. The van der Waals surface area contributed by atoms with E-state index in [4.69, 9.17) is 0 Å². The molecule has 0 saturated carbocycles. The number of piperidine rings is 1. The zero-order valence-corrected chi connectivity index (χ0v) is 17.8. The Balaban J connectivity index is 1.42. The van der Waals surface area contributed by atoms with E-state index in [2.05, 4.69) is 10.0 Å². The summed E-state index contributed by atoms with van der Waals surface area (Å²) in [5, 5.41) is 2.95. The number of rotatable bonds is 6. The molecule has 0 unspecified atom stereocenters. The molecule has 0 radical (unpaired) electrons. The third kappa shape index (κ3) is 6.05. The Kier molecular flexibility index (Phi) is 6.92. The molecule has 1 aliphatic heterocycles. The van der Waals surface area contributed by atoms with Gasteiger partial charge in [0.2, 0.25) is 10.0 Å². The first kappa shape index (κ1) is 21.3. The highest BCUT2D eigenvalue weighted by Crippen LogP contribution is 2.21. The van der Waals surface area contributed by atoms with E-state index in [1.807, 2.05) is 49.1 Å². The highest BCUT2D eigenvalue weighted by Gasteiger charge is 2.23. The first-order chi connectivity index (χ1) is 13.8. The lowest BCUT2D eigenvalue weighted by molar-refractivity contribution is 0.180. The standard InChI is InChI=1S/C22H29N3O3S/c1-17-5-3-7-20(15-17)24-22(26)25-13-10-19(11-14-25)9-12-23-29(27,28)21-8-4-6-18(2)16-21/h3-8,15-16,19,23H,9-14H2,1-2H3,(H,24,26). The lowest BCUT2D eigenvalue weighted by Crippen LogP contribution is -2.41. The number of nitrogens with one attached hydrogen (secondary N) is 2. The van der Waals surface area contributed by atoms with Gasteiger partial charge in [0.15, 0.2) is 0 Å². The summed E-state index contributed by atoms with van der Waals surface area (Å²) < 4.78 is 27.5. The average molecular weight is 416 g/mol. The van der Waals surface area contributed by atoms with E-state index in [1.54, 1.807) is 18.2 Å². The Labute approximate surface area is 173 Å². The maximum atomic E-state index is 12.4. The molecule has 1 aliphatic rings. The number of sulfonamides is 1. The van der Waals surface area contributed by atoms with Gasteiger partial charge >= 0.3 is 6.03 Å². The molecule has 0 atom stereocenters. The SMILES string of the molecule is Cc1cccc(NC(=O)N2CCC(CCNS(=O)(=O)c3cccc(C)c3)CC2)c1. The summed E-state index contributed by atoms with van der Waals surface area (Å²) in [6.45, 7) is 5.66. The molecule has 2 aromatic carbocycles. The second-order valence-corrected chi connectivity index (χ2v) is 9.50. The van der Waals surface area contributed by atoms with Gasteiger partial charge in [-0.05, 0) is 74.4 Å². The molecule has 0 aliphatic carbocycles. The van der Waals surface area contributed by atoms with E-state index < -0.39 is 10.0 Å². The summed E-state index contributed by atoms with van der Waals surface area (Å²) in [5.74, 6) is 0.415. The summed E-state index contributed by atoms with van der Waals surface area (Å²) in [6, 6.07) is 14.6. The minimum atomic E-state index is -3.47. The smallest absolute Gasteiger partial charge is 0.321 e. The van der Waals surface area contributed by atoms with Crippen molar-refractivity contribution in [3.05, 3.63) is 59.7 Å². The van der Waals surface area contributed by atoms with E-state index in [-0.39, 0.29) is 6.03 Å². The molecule has 1 fully saturated rings. The second-order valence-electron chi connectivity index (χ2n) is 7.73. The van der Waals surface area contributed by atoms with Crippen molar-refractivity contribution in [2.45, 2.75) is 38.0 Å². The summed E-state index contributed by atoms with van der Waals surface area (Å²) in [4.78, 5) is 14.6. The fourth-order valence-electron chi connectivity index (χ4n) is 3.61. The van der Waals surface area contributed by atoms with Crippen molar-refractivity contribution in [3.8, 4) is 0 Å². The van der Waals surface area contributed by atoms with Gasteiger partial charge in [0.1, 0.15) is 0 Å². The first-order valence-corrected chi connectivity index (χ1v) is 11.5. The maximum absolute atomic E-state index is 12.4. The van der Waals surface area contributed by atoms with Crippen LogP contribution < -0.4 is 10.0 Å². The molecule has 156 valence electrons. The zero-order chi connectivity index (χ0) is 20.9. The highest BCUT2D eigenvalue weighted by molar-refractivity contribution is 7.89. The molecule has 0 spiro atoms. The molecule has 2 amide bonds. The van der Waals surface area contributed by atoms with Gasteiger partial charge in [-0.25, -0.2) is 17.9 Å². The number of aryl methyl sites for hydroxylation is 2. The van der Waals surface area contributed by atoms with Crippen LogP contribution in [-0.4, -0.2) is 39.0 Å². The van der Waals surface area contributed by atoms with E-state index in [1.165, 1.54) is 0 Å². The van der Waals surface area contributed by atoms with Gasteiger partial charge < -0.3 is 10.2 Å². The van der Waals surface area contributed by atoms with Crippen molar-refractivity contribution in [2.24, 2.45) is 5.92 Å². The van der Waals surface area contributed by atoms with Crippen LogP contribution in [0.3, 0.4) is 0 Å². The van der Waals surface area contributed by atoms with Crippen molar-refractivity contribution < 1.29 is 13.2 Å². The Bertz CT molecular complexity index is 951. The van der Waals surface area contributed by atoms with Crippen molar-refractivity contribution in [1.29, 1.82) is 0 Å². The van der Waals surface area contributed by atoms with Crippen LogP contribution in [0.5, 0.6) is 0 Å². The molecular weight excluding hydrogens is 386 g/mol. The third-order valence-electron chi connectivity index (χ3n) is 5.32. The summed E-state index contributed by atoms with van der Waals surface area (Å²) in [5.41, 5.74) is 2.83. The Morgan fingerprint density at radius 2 is 1.69 bits per heavy atom. The average Bonchev–Trinajstić information content (AvgIpc) is 2.68. The van der Waals surface area contributed by atoms with Crippen LogP contribution in [0.1, 0.15) is 30.4 Å². The van der Waals surface area contributed by atoms with Crippen molar-refractivity contribution >= 4 is 21.7 Å². The van der Waals surface area contributed by atoms with Gasteiger partial charge in [-0.1, -0.05) is 24.3 Å². The predicted molar refractivity (Wildman–Crippen MR) is 115 cm³/mol. The summed E-state index contributed by atoms with van der Waals surface area (Å²) in [7, 11) is -3.47. The van der Waals surface area contributed by atoms with E-state index in [0.29, 0.717) is 30.4 Å². The lowest BCUT2D eigenvalue weighted by atomic mass is 9.94. The van der Waals surface area contributed by atoms with Gasteiger partial charge in [0.25, 0.3) is 0 Å². The molecule has 7 heteroatoms. The molecule has 2 aromatic rings. The number of amides is 2. The Hall–Kier alpha value is -2.38. The van der Waals surface area contributed by atoms with Crippen molar-refractivity contribution in [3.63, 3.8) is 0 Å². The van der Waals surface area contributed by atoms with Crippen LogP contribution in [-0.2, 0) is 10.0 Å². The molecule has 0 bridgehead atoms. The number of hydrogen-bond acceptors (Lipinski definition) is 3. The van der Waals surface area contributed by atoms with E-state index in [0.717, 1.165) is 36.1 Å². The number of hydrogen-bond donors (Lipinski definition) is 2. The summed E-state index contributed by atoms with van der Waals surface area (Å²) in [6.07, 6.45) is 2.54. The number of benzene rings is 2. The molecule has 2 N–H and O–H groups in total. The zero-order valence-electron chi connectivity index (χ0n) is 17.0. The van der Waals surface area contributed by atoms with Crippen LogP contribution in [0.4, 0.5) is 10.5 Å². The van der Waals surface area contributed by atoms with E-state index >= 15 is 0 Å². The molecular formula is C22H29N3O3S. The molecule has 1 heterocycles. The number of likely N-dealkylation sites (tertiary alicyclic amines) is 1. The molecule has 6 nitrogen and oxygen atoms in total. The largest absolute Gasteiger partial charge is 0.325 e. The van der Waals surface area contributed by atoms with Crippen molar-refractivity contribution in [1.82, 2.24) is 9.62 Å².